The van der Waals surface area contributed by atoms with Gasteiger partial charge in [0.05, 0.1) is 0 Å². The van der Waals surface area contributed by atoms with Crippen LogP contribution in [0.4, 0.5) is 0 Å². The van der Waals surface area contributed by atoms with Crippen LogP contribution in [0.2, 0.25) is 10.0 Å². The van der Waals surface area contributed by atoms with Crippen molar-refractivity contribution < 1.29 is 14.3 Å². The van der Waals surface area contributed by atoms with Crippen molar-refractivity contribution in [1.82, 2.24) is 10.2 Å². The zero-order chi connectivity index (χ0) is 25.0. The molecule has 0 aliphatic carbocycles. The van der Waals surface area contributed by atoms with Crippen LogP contribution < -0.4 is 10.1 Å². The molecule has 0 aliphatic heterocycles. The third-order valence-electron chi connectivity index (χ3n) is 5.58. The number of benzene rings is 3. The lowest BCUT2D eigenvalue weighted by Crippen LogP contribution is -2.51. The second-order valence-electron chi connectivity index (χ2n) is 8.21. The van der Waals surface area contributed by atoms with Gasteiger partial charge in [0.25, 0.3) is 5.91 Å². The van der Waals surface area contributed by atoms with Crippen LogP contribution in [0.1, 0.15) is 30.9 Å². The van der Waals surface area contributed by atoms with Gasteiger partial charge in [-0.1, -0.05) is 85.1 Å². The topological polar surface area (TPSA) is 58.6 Å². The van der Waals surface area contributed by atoms with E-state index in [9.17, 15) is 9.59 Å². The van der Waals surface area contributed by atoms with Gasteiger partial charge in [0, 0.05) is 29.6 Å². The average Bonchev–Trinajstić information content (AvgIpc) is 2.87. The first kappa shape index (κ1) is 26.6. The molecule has 5 nitrogen and oxygen atoms in total. The van der Waals surface area contributed by atoms with Crippen molar-refractivity contribution >= 4 is 35.0 Å². The summed E-state index contributed by atoms with van der Waals surface area (Å²) in [6.07, 6.45) is 2.19. The molecule has 1 N–H and O–H groups in total. The number of carbonyl (C=O) groups excluding carboxylic acids is 2. The van der Waals surface area contributed by atoms with Crippen LogP contribution >= 0.6 is 23.2 Å². The number of nitrogens with zero attached hydrogens (tertiary/aromatic N) is 1. The third kappa shape index (κ3) is 8.30. The van der Waals surface area contributed by atoms with E-state index in [-0.39, 0.29) is 25.0 Å². The summed E-state index contributed by atoms with van der Waals surface area (Å²) in [7, 11) is 0. The van der Waals surface area contributed by atoms with Gasteiger partial charge in [-0.25, -0.2) is 0 Å². The molecule has 3 aromatic rings. The van der Waals surface area contributed by atoms with Gasteiger partial charge in [0.1, 0.15) is 11.8 Å². The molecule has 2 amide bonds. The summed E-state index contributed by atoms with van der Waals surface area (Å²) < 4.78 is 5.74. The fourth-order valence-corrected chi connectivity index (χ4v) is 3.95. The molecule has 3 rings (SSSR count). The van der Waals surface area contributed by atoms with Crippen molar-refractivity contribution in [3.8, 4) is 5.75 Å². The number of unbranched alkanes of at least 4 members (excludes halogenated alkanes) is 1. The van der Waals surface area contributed by atoms with Gasteiger partial charge in [-0.15, -0.1) is 0 Å². The molecule has 3 aromatic carbocycles. The first-order valence-corrected chi connectivity index (χ1v) is 12.5. The molecule has 0 saturated carbocycles. The molecule has 0 aromatic heterocycles. The van der Waals surface area contributed by atoms with Crippen LogP contribution in [0.3, 0.4) is 0 Å². The summed E-state index contributed by atoms with van der Waals surface area (Å²) >= 11 is 12.4. The minimum Gasteiger partial charge on any atom is -0.484 e. The predicted octanol–water partition coefficient (Wildman–Crippen LogP) is 5.93. The SMILES string of the molecule is CCCCNC(=O)[C@@H](Cc1ccccc1)N(Cc1ccccc1Cl)C(=O)COc1ccc(Cl)cc1. The van der Waals surface area contributed by atoms with Gasteiger partial charge < -0.3 is 15.0 Å². The number of hydrogen-bond donors (Lipinski definition) is 1. The first-order valence-electron chi connectivity index (χ1n) is 11.7. The minimum absolute atomic E-state index is 0.182. The molecule has 0 bridgehead atoms. The van der Waals surface area contributed by atoms with Crippen LogP contribution in [0.5, 0.6) is 5.75 Å². The lowest BCUT2D eigenvalue weighted by molar-refractivity contribution is -0.142. The molecule has 35 heavy (non-hydrogen) atoms. The maximum Gasteiger partial charge on any atom is 0.261 e. The summed E-state index contributed by atoms with van der Waals surface area (Å²) in [5.41, 5.74) is 1.71. The van der Waals surface area contributed by atoms with E-state index in [2.05, 4.69) is 12.2 Å². The molecule has 0 aliphatic rings. The van der Waals surface area contributed by atoms with E-state index in [1.54, 1.807) is 35.2 Å². The van der Waals surface area contributed by atoms with Crippen molar-refractivity contribution in [2.45, 2.75) is 38.8 Å². The van der Waals surface area contributed by atoms with Crippen LogP contribution in [-0.2, 0) is 22.6 Å². The smallest absolute Gasteiger partial charge is 0.261 e. The Labute approximate surface area is 217 Å². The van der Waals surface area contributed by atoms with Crippen LogP contribution in [-0.4, -0.2) is 35.9 Å². The number of ether oxygens (including phenoxy) is 1. The standard InChI is InChI=1S/C28H30Cl2N2O3/c1-2-3-17-31-28(34)26(18-21-9-5-4-6-10-21)32(19-22-11-7-8-12-25(22)30)27(33)20-35-24-15-13-23(29)14-16-24/h4-16,26H,2-3,17-20H2,1H3,(H,31,34)/t26-/m1/s1. The van der Waals surface area contributed by atoms with E-state index in [0.29, 0.717) is 28.8 Å². The number of rotatable bonds is 12. The third-order valence-corrected chi connectivity index (χ3v) is 6.20. The molecular formula is C28H30Cl2N2O3. The Hall–Kier alpha value is -3.02. The lowest BCUT2D eigenvalue weighted by Gasteiger charge is -2.31. The van der Waals surface area contributed by atoms with Gasteiger partial charge >= 0.3 is 0 Å². The Morgan fingerprint density at radius 1 is 0.943 bits per heavy atom. The normalized spacial score (nSPS) is 11.5. The Bertz CT molecular complexity index is 1090. The maximum absolute atomic E-state index is 13.5. The number of halogens is 2. The largest absolute Gasteiger partial charge is 0.484 e. The van der Waals surface area contributed by atoms with Crippen LogP contribution in [0.15, 0.2) is 78.9 Å². The highest BCUT2D eigenvalue weighted by atomic mass is 35.5. The second-order valence-corrected chi connectivity index (χ2v) is 9.05. The molecule has 184 valence electrons. The quantitative estimate of drug-likeness (QED) is 0.306. The van der Waals surface area contributed by atoms with Crippen molar-refractivity contribution in [1.29, 1.82) is 0 Å². The van der Waals surface area contributed by atoms with Crippen molar-refractivity contribution in [2.24, 2.45) is 0 Å². The molecule has 0 heterocycles. The van der Waals surface area contributed by atoms with Gasteiger partial charge in [0.2, 0.25) is 5.91 Å². The molecule has 0 radical (unpaired) electrons. The van der Waals surface area contributed by atoms with Crippen molar-refractivity contribution in [3.05, 3.63) is 100 Å². The van der Waals surface area contributed by atoms with E-state index in [0.717, 1.165) is 24.0 Å². The maximum atomic E-state index is 13.5. The van der Waals surface area contributed by atoms with Gasteiger partial charge in [-0.2, -0.15) is 0 Å². The van der Waals surface area contributed by atoms with Gasteiger partial charge in [-0.3, -0.25) is 9.59 Å². The molecule has 1 atom stereocenters. The van der Waals surface area contributed by atoms with Crippen molar-refractivity contribution in [2.75, 3.05) is 13.2 Å². The van der Waals surface area contributed by atoms with Crippen LogP contribution in [0, 0.1) is 0 Å². The van der Waals surface area contributed by atoms with E-state index in [1.807, 2.05) is 48.5 Å². The van der Waals surface area contributed by atoms with E-state index in [1.165, 1.54) is 0 Å². The first-order chi connectivity index (χ1) is 17.0. The van der Waals surface area contributed by atoms with Gasteiger partial charge in [-0.05, 0) is 47.9 Å². The predicted molar refractivity (Wildman–Crippen MR) is 141 cm³/mol. The highest BCUT2D eigenvalue weighted by Gasteiger charge is 2.31. The molecule has 0 saturated heterocycles. The fourth-order valence-electron chi connectivity index (χ4n) is 3.63. The molecular weight excluding hydrogens is 483 g/mol. The zero-order valence-electron chi connectivity index (χ0n) is 19.8. The Morgan fingerprint density at radius 3 is 2.31 bits per heavy atom. The Balaban J connectivity index is 1.88. The fraction of sp³-hybridized carbons (Fsp3) is 0.286. The number of carbonyl (C=O) groups is 2. The molecule has 0 fully saturated rings. The zero-order valence-corrected chi connectivity index (χ0v) is 21.3. The molecule has 0 unspecified atom stereocenters. The van der Waals surface area contributed by atoms with E-state index in [4.69, 9.17) is 27.9 Å². The molecule has 7 heteroatoms. The highest BCUT2D eigenvalue weighted by molar-refractivity contribution is 6.31. The summed E-state index contributed by atoms with van der Waals surface area (Å²) in [6.45, 7) is 2.58. The lowest BCUT2D eigenvalue weighted by atomic mass is 10.0. The number of hydrogen-bond acceptors (Lipinski definition) is 3. The second kappa shape index (κ2) is 13.8. The van der Waals surface area contributed by atoms with Crippen LogP contribution in [0.25, 0.3) is 0 Å². The van der Waals surface area contributed by atoms with Gasteiger partial charge in [0.15, 0.2) is 6.61 Å². The monoisotopic (exact) mass is 512 g/mol. The van der Waals surface area contributed by atoms with Crippen molar-refractivity contribution in [3.63, 3.8) is 0 Å². The summed E-state index contributed by atoms with van der Waals surface area (Å²) in [6, 6.07) is 23.1. The Kier molecular flexibility index (Phi) is 10.5. The summed E-state index contributed by atoms with van der Waals surface area (Å²) in [5, 5.41) is 4.11. The number of nitrogens with one attached hydrogen (secondary N) is 1. The van der Waals surface area contributed by atoms with E-state index < -0.39 is 6.04 Å². The summed E-state index contributed by atoms with van der Waals surface area (Å²) in [5.74, 6) is 0.00749. The highest BCUT2D eigenvalue weighted by Crippen LogP contribution is 2.21. The minimum atomic E-state index is -0.730. The number of amides is 2. The Morgan fingerprint density at radius 2 is 1.63 bits per heavy atom. The average molecular weight is 513 g/mol. The summed E-state index contributed by atoms with van der Waals surface area (Å²) in [4.78, 5) is 28.4. The molecule has 0 spiro atoms. The van der Waals surface area contributed by atoms with E-state index >= 15 is 0 Å².